The van der Waals surface area contributed by atoms with E-state index in [0.717, 1.165) is 0 Å². The molecule has 0 bridgehead atoms. The minimum Gasteiger partial charge on any atom is -0.452 e. The van der Waals surface area contributed by atoms with Gasteiger partial charge in [0, 0.05) is 18.2 Å². The fourth-order valence-electron chi connectivity index (χ4n) is 3.62. The number of aromatic nitrogens is 2. The summed E-state index contributed by atoms with van der Waals surface area (Å²) in [7, 11) is 1.71. The number of esters is 1. The van der Waals surface area contributed by atoms with Gasteiger partial charge in [-0.25, -0.2) is 9.48 Å². The Bertz CT molecular complexity index is 1440. The largest absolute Gasteiger partial charge is 0.452 e. The van der Waals surface area contributed by atoms with Crippen molar-refractivity contribution in [1.82, 2.24) is 9.36 Å². The van der Waals surface area contributed by atoms with Gasteiger partial charge in [-0.05, 0) is 31.2 Å². The number of para-hydroxylation sites is 1. The van der Waals surface area contributed by atoms with Crippen LogP contribution in [0.15, 0.2) is 89.7 Å². The van der Waals surface area contributed by atoms with E-state index in [9.17, 15) is 19.2 Å². The van der Waals surface area contributed by atoms with Crippen LogP contribution < -0.4 is 10.9 Å². The van der Waals surface area contributed by atoms with E-state index in [0.29, 0.717) is 22.5 Å². The van der Waals surface area contributed by atoms with Crippen molar-refractivity contribution in [2.75, 3.05) is 11.9 Å². The first-order valence-electron chi connectivity index (χ1n) is 10.9. The summed E-state index contributed by atoms with van der Waals surface area (Å²) in [6.45, 7) is 1.14. The second-order valence-corrected chi connectivity index (χ2v) is 7.83. The Morgan fingerprint density at radius 1 is 0.800 bits per heavy atom. The molecule has 3 aromatic carbocycles. The van der Waals surface area contributed by atoms with E-state index >= 15 is 0 Å². The number of carbonyl (C=O) groups excluding carboxylic acids is 3. The average Bonchev–Trinajstić information content (AvgIpc) is 3.10. The zero-order valence-corrected chi connectivity index (χ0v) is 19.2. The van der Waals surface area contributed by atoms with Crippen LogP contribution in [0.3, 0.4) is 0 Å². The maximum absolute atomic E-state index is 12.9. The molecular formula is C27H23N3O5. The zero-order chi connectivity index (χ0) is 24.9. The molecule has 8 heteroatoms. The summed E-state index contributed by atoms with van der Waals surface area (Å²) in [6, 6.07) is 23.8. The smallest absolute Gasteiger partial charge is 0.338 e. The maximum Gasteiger partial charge on any atom is 0.338 e. The van der Waals surface area contributed by atoms with Crippen LogP contribution in [0.5, 0.6) is 0 Å². The molecule has 0 aliphatic carbocycles. The third kappa shape index (κ3) is 4.96. The van der Waals surface area contributed by atoms with E-state index < -0.39 is 24.0 Å². The number of carbonyl (C=O) groups is 3. The molecule has 1 aromatic heterocycles. The van der Waals surface area contributed by atoms with Crippen molar-refractivity contribution in [2.45, 2.75) is 6.92 Å². The van der Waals surface area contributed by atoms with E-state index in [4.69, 9.17) is 4.74 Å². The Kier molecular flexibility index (Phi) is 6.73. The van der Waals surface area contributed by atoms with Gasteiger partial charge in [-0.15, -0.1) is 0 Å². The monoisotopic (exact) mass is 469 g/mol. The molecule has 0 saturated carbocycles. The third-order valence-corrected chi connectivity index (χ3v) is 5.57. The minimum absolute atomic E-state index is 0.112. The van der Waals surface area contributed by atoms with Crippen LogP contribution in [0.1, 0.15) is 32.0 Å². The molecule has 0 spiro atoms. The Morgan fingerprint density at radius 2 is 1.34 bits per heavy atom. The lowest BCUT2D eigenvalue weighted by Gasteiger charge is -2.07. The highest BCUT2D eigenvalue weighted by molar-refractivity contribution is 6.09. The minimum atomic E-state index is -0.717. The van der Waals surface area contributed by atoms with E-state index in [2.05, 4.69) is 5.32 Å². The fourth-order valence-corrected chi connectivity index (χ4v) is 3.62. The van der Waals surface area contributed by atoms with E-state index in [1.807, 2.05) is 24.3 Å². The summed E-state index contributed by atoms with van der Waals surface area (Å²) in [5.41, 5.74) is 2.10. The topological polar surface area (TPSA) is 99.4 Å². The number of amides is 1. The quantitative estimate of drug-likeness (QED) is 0.330. The summed E-state index contributed by atoms with van der Waals surface area (Å²) >= 11 is 0. The summed E-state index contributed by atoms with van der Waals surface area (Å²) in [5, 5.41) is 2.54. The molecule has 176 valence electrons. The summed E-state index contributed by atoms with van der Waals surface area (Å²) in [5.74, 6) is -1.52. The van der Waals surface area contributed by atoms with Crippen molar-refractivity contribution >= 4 is 23.3 Å². The SMILES string of the molecule is Cc1c(NC(=O)COC(=O)c2ccc(C(=O)c3ccccc3)cc2)c(=O)n(-c2ccccc2)n1C. The molecule has 8 nitrogen and oxygen atoms in total. The predicted molar refractivity (Wildman–Crippen MR) is 131 cm³/mol. The van der Waals surface area contributed by atoms with E-state index in [-0.39, 0.29) is 17.0 Å². The van der Waals surface area contributed by atoms with Gasteiger partial charge < -0.3 is 10.1 Å². The van der Waals surface area contributed by atoms with Gasteiger partial charge in [0.05, 0.1) is 16.9 Å². The lowest BCUT2D eigenvalue weighted by molar-refractivity contribution is -0.119. The second kappa shape index (κ2) is 10.0. The van der Waals surface area contributed by atoms with E-state index in [1.165, 1.54) is 28.9 Å². The van der Waals surface area contributed by atoms with Crippen LogP contribution in [0, 0.1) is 6.92 Å². The fraction of sp³-hybridized carbons (Fsp3) is 0.111. The molecule has 35 heavy (non-hydrogen) atoms. The van der Waals surface area contributed by atoms with Gasteiger partial charge in [0.2, 0.25) is 0 Å². The van der Waals surface area contributed by atoms with Crippen molar-refractivity contribution < 1.29 is 19.1 Å². The van der Waals surface area contributed by atoms with E-state index in [1.54, 1.807) is 55.1 Å². The number of nitrogens with one attached hydrogen (secondary N) is 1. The van der Waals surface area contributed by atoms with Gasteiger partial charge in [-0.2, -0.15) is 0 Å². The normalized spacial score (nSPS) is 10.6. The van der Waals surface area contributed by atoms with Gasteiger partial charge >= 0.3 is 5.97 Å². The van der Waals surface area contributed by atoms with Gasteiger partial charge in [-0.1, -0.05) is 60.7 Å². The molecule has 0 aliphatic rings. The molecular weight excluding hydrogens is 446 g/mol. The third-order valence-electron chi connectivity index (χ3n) is 5.57. The van der Waals surface area contributed by atoms with Gasteiger partial charge in [-0.3, -0.25) is 19.1 Å². The van der Waals surface area contributed by atoms with Crippen molar-refractivity contribution in [3.63, 3.8) is 0 Å². The van der Waals surface area contributed by atoms with Crippen LogP contribution in [-0.2, 0) is 16.6 Å². The second-order valence-electron chi connectivity index (χ2n) is 7.83. The molecule has 4 aromatic rings. The number of benzene rings is 3. The Morgan fingerprint density at radius 3 is 1.97 bits per heavy atom. The molecule has 0 fully saturated rings. The number of ketones is 1. The summed E-state index contributed by atoms with van der Waals surface area (Å²) in [6.07, 6.45) is 0. The van der Waals surface area contributed by atoms with Crippen LogP contribution >= 0.6 is 0 Å². The molecule has 0 radical (unpaired) electrons. The molecule has 0 aliphatic heterocycles. The molecule has 0 unspecified atom stereocenters. The van der Waals surface area contributed by atoms with Crippen LogP contribution in [-0.4, -0.2) is 33.6 Å². The highest BCUT2D eigenvalue weighted by atomic mass is 16.5. The maximum atomic E-state index is 12.9. The predicted octanol–water partition coefficient (Wildman–Crippen LogP) is 3.51. The number of anilines is 1. The number of hydrogen-bond acceptors (Lipinski definition) is 5. The van der Waals surface area contributed by atoms with Crippen LogP contribution in [0.25, 0.3) is 5.69 Å². The highest BCUT2D eigenvalue weighted by Gasteiger charge is 2.19. The van der Waals surface area contributed by atoms with Crippen molar-refractivity contribution in [3.8, 4) is 5.69 Å². The molecule has 1 heterocycles. The lowest BCUT2D eigenvalue weighted by atomic mass is 10.0. The average molecular weight is 469 g/mol. The van der Waals surface area contributed by atoms with Gasteiger partial charge in [0.1, 0.15) is 5.69 Å². The molecule has 4 rings (SSSR count). The molecule has 1 N–H and O–H groups in total. The Balaban J connectivity index is 1.39. The Labute approximate surface area is 201 Å². The van der Waals surface area contributed by atoms with Gasteiger partial charge in [0.15, 0.2) is 12.4 Å². The Hall–Kier alpha value is -4.72. The van der Waals surface area contributed by atoms with Crippen molar-refractivity contribution in [2.24, 2.45) is 7.05 Å². The zero-order valence-electron chi connectivity index (χ0n) is 19.2. The van der Waals surface area contributed by atoms with Crippen LogP contribution in [0.2, 0.25) is 0 Å². The summed E-state index contributed by atoms with van der Waals surface area (Å²) < 4.78 is 8.17. The van der Waals surface area contributed by atoms with Crippen LogP contribution in [0.4, 0.5) is 5.69 Å². The molecule has 1 amide bonds. The molecule has 0 saturated heterocycles. The molecule has 0 atom stereocenters. The van der Waals surface area contributed by atoms with Crippen molar-refractivity contribution in [1.29, 1.82) is 0 Å². The number of ether oxygens (including phenoxy) is 1. The number of hydrogen-bond donors (Lipinski definition) is 1. The summed E-state index contributed by atoms with van der Waals surface area (Å²) in [4.78, 5) is 50.2. The number of nitrogens with zero attached hydrogens (tertiary/aromatic N) is 2. The number of rotatable bonds is 7. The van der Waals surface area contributed by atoms with Crippen molar-refractivity contribution in [3.05, 3.63) is 118 Å². The first kappa shape index (κ1) is 23.4. The first-order chi connectivity index (χ1) is 16.9. The highest BCUT2D eigenvalue weighted by Crippen LogP contribution is 2.15. The standard InChI is InChI=1S/C27H23N3O5/c1-18-24(26(33)30(29(18)2)22-11-7-4-8-12-22)28-23(31)17-35-27(34)21-15-13-20(14-16-21)25(32)19-9-5-3-6-10-19/h3-16H,17H2,1-2H3,(H,28,31). The van der Waals surface area contributed by atoms with Gasteiger partial charge in [0.25, 0.3) is 11.5 Å². The first-order valence-corrected chi connectivity index (χ1v) is 10.9. The lowest BCUT2D eigenvalue weighted by Crippen LogP contribution is -2.25.